The highest BCUT2D eigenvalue weighted by Crippen LogP contribution is 2.28. The highest BCUT2D eigenvalue weighted by molar-refractivity contribution is 5.81. The molecule has 3 heteroatoms. The topological polar surface area (TPSA) is 29.5 Å². The van der Waals surface area contributed by atoms with Crippen molar-refractivity contribution >= 4 is 5.91 Å². The average molecular weight is 301 g/mol. The van der Waals surface area contributed by atoms with Crippen molar-refractivity contribution in [1.29, 1.82) is 0 Å². The van der Waals surface area contributed by atoms with E-state index in [4.69, 9.17) is 4.74 Å². The molecule has 1 unspecified atom stereocenters. The molecule has 0 aliphatic carbocycles. The van der Waals surface area contributed by atoms with Crippen molar-refractivity contribution in [2.45, 2.75) is 52.6 Å². The van der Waals surface area contributed by atoms with E-state index in [9.17, 15) is 4.79 Å². The van der Waals surface area contributed by atoms with E-state index >= 15 is 0 Å². The maximum absolute atomic E-state index is 12.5. The molecule has 3 nitrogen and oxygen atoms in total. The largest absolute Gasteiger partial charge is 0.481 e. The molecular formula is C19H27NO2. The molecule has 1 aromatic carbocycles. The Labute approximate surface area is 134 Å². The summed E-state index contributed by atoms with van der Waals surface area (Å²) < 4.78 is 6.02. The minimum absolute atomic E-state index is 0.0729. The normalized spacial score (nSPS) is 16.8. The number of aryl methyl sites for hydroxylation is 1. The number of hydrogen-bond acceptors (Lipinski definition) is 2. The standard InChI is InChI=1S/C19H27NO2/c1-13(2)17-7-6-15(4)12-18(17)22-16(5)19(21)20-10-8-14(3)9-11-20/h6-7,12-13,16H,3,8-11H2,1-2,4-5H3. The van der Waals surface area contributed by atoms with E-state index in [1.54, 1.807) is 0 Å². The number of ether oxygens (including phenoxy) is 1. The summed E-state index contributed by atoms with van der Waals surface area (Å²) in [6, 6.07) is 6.21. The highest BCUT2D eigenvalue weighted by Gasteiger charge is 2.25. The molecule has 1 aromatic rings. The second-order valence-corrected chi connectivity index (χ2v) is 6.53. The van der Waals surface area contributed by atoms with Gasteiger partial charge in [0, 0.05) is 13.1 Å². The van der Waals surface area contributed by atoms with E-state index in [2.05, 4.69) is 32.6 Å². The Morgan fingerprint density at radius 2 is 1.86 bits per heavy atom. The Balaban J connectivity index is 2.08. The van der Waals surface area contributed by atoms with E-state index < -0.39 is 6.10 Å². The van der Waals surface area contributed by atoms with Crippen molar-refractivity contribution < 1.29 is 9.53 Å². The summed E-state index contributed by atoms with van der Waals surface area (Å²) in [5.74, 6) is 1.28. The molecule has 1 saturated heterocycles. The molecule has 1 atom stereocenters. The lowest BCUT2D eigenvalue weighted by Crippen LogP contribution is -2.43. The van der Waals surface area contributed by atoms with Gasteiger partial charge in [0.25, 0.3) is 5.91 Å². The second-order valence-electron chi connectivity index (χ2n) is 6.53. The van der Waals surface area contributed by atoms with Gasteiger partial charge in [-0.1, -0.05) is 38.1 Å². The van der Waals surface area contributed by atoms with E-state index in [0.717, 1.165) is 42.8 Å². The third-order valence-corrected chi connectivity index (χ3v) is 4.22. The van der Waals surface area contributed by atoms with Gasteiger partial charge >= 0.3 is 0 Å². The zero-order valence-electron chi connectivity index (χ0n) is 14.2. The van der Waals surface area contributed by atoms with Gasteiger partial charge in [0.2, 0.25) is 0 Å². The number of nitrogens with zero attached hydrogens (tertiary/aromatic N) is 1. The van der Waals surface area contributed by atoms with Crippen LogP contribution in [0.25, 0.3) is 0 Å². The summed E-state index contributed by atoms with van der Waals surface area (Å²) in [6.45, 7) is 13.7. The summed E-state index contributed by atoms with van der Waals surface area (Å²) in [5, 5.41) is 0. The monoisotopic (exact) mass is 301 g/mol. The molecule has 22 heavy (non-hydrogen) atoms. The fourth-order valence-electron chi connectivity index (χ4n) is 2.76. The van der Waals surface area contributed by atoms with Gasteiger partial charge < -0.3 is 9.64 Å². The van der Waals surface area contributed by atoms with Gasteiger partial charge in [-0.2, -0.15) is 0 Å². The first kappa shape index (κ1) is 16.6. The first-order valence-corrected chi connectivity index (χ1v) is 8.11. The Bertz CT molecular complexity index is 553. The van der Waals surface area contributed by atoms with Gasteiger partial charge in [-0.25, -0.2) is 0 Å². The van der Waals surface area contributed by atoms with Crippen LogP contribution in [0.5, 0.6) is 5.75 Å². The molecule has 1 aliphatic heterocycles. The molecule has 0 aromatic heterocycles. The van der Waals surface area contributed by atoms with Gasteiger partial charge in [-0.15, -0.1) is 0 Å². The molecule has 0 spiro atoms. The number of likely N-dealkylation sites (tertiary alicyclic amines) is 1. The van der Waals surface area contributed by atoms with Crippen molar-refractivity contribution in [3.05, 3.63) is 41.5 Å². The SMILES string of the molecule is C=C1CCN(C(=O)C(C)Oc2cc(C)ccc2C(C)C)CC1. The van der Waals surface area contributed by atoms with E-state index in [0.29, 0.717) is 5.92 Å². The van der Waals surface area contributed by atoms with Gasteiger partial charge in [0.1, 0.15) is 5.75 Å². The number of rotatable bonds is 4. The van der Waals surface area contributed by atoms with Gasteiger partial charge in [0.15, 0.2) is 6.10 Å². The van der Waals surface area contributed by atoms with Crippen LogP contribution in [-0.2, 0) is 4.79 Å². The van der Waals surface area contributed by atoms with Gasteiger partial charge in [-0.05, 0) is 49.8 Å². The fraction of sp³-hybridized carbons (Fsp3) is 0.526. The Kier molecular flexibility index (Phi) is 5.28. The molecule has 0 N–H and O–H groups in total. The van der Waals surface area contributed by atoms with Gasteiger partial charge in [-0.3, -0.25) is 4.79 Å². The molecule has 0 radical (unpaired) electrons. The van der Waals surface area contributed by atoms with E-state index in [1.165, 1.54) is 5.57 Å². The number of piperidine rings is 1. The second kappa shape index (κ2) is 6.99. The van der Waals surface area contributed by atoms with Crippen LogP contribution >= 0.6 is 0 Å². The van der Waals surface area contributed by atoms with Gasteiger partial charge in [0.05, 0.1) is 0 Å². The number of carbonyl (C=O) groups excluding carboxylic acids is 1. The molecule has 0 saturated carbocycles. The van der Waals surface area contributed by atoms with Crippen LogP contribution in [0.1, 0.15) is 50.7 Å². The summed E-state index contributed by atoms with van der Waals surface area (Å²) in [5.41, 5.74) is 3.53. The lowest BCUT2D eigenvalue weighted by atomic mass is 10.0. The first-order chi connectivity index (χ1) is 10.4. The van der Waals surface area contributed by atoms with Crippen LogP contribution < -0.4 is 4.74 Å². The average Bonchev–Trinajstić information content (AvgIpc) is 2.47. The predicted octanol–water partition coefficient (Wildman–Crippen LogP) is 4.06. The summed E-state index contributed by atoms with van der Waals surface area (Å²) in [6.07, 6.45) is 1.35. The number of carbonyl (C=O) groups is 1. The summed E-state index contributed by atoms with van der Waals surface area (Å²) >= 11 is 0. The third-order valence-electron chi connectivity index (χ3n) is 4.22. The zero-order valence-corrected chi connectivity index (χ0v) is 14.2. The Hall–Kier alpha value is -1.77. The summed E-state index contributed by atoms with van der Waals surface area (Å²) in [4.78, 5) is 14.4. The van der Waals surface area contributed by atoms with Crippen molar-refractivity contribution in [1.82, 2.24) is 4.90 Å². The van der Waals surface area contributed by atoms with Crippen LogP contribution in [0.3, 0.4) is 0 Å². The lowest BCUT2D eigenvalue weighted by Gasteiger charge is -2.30. The lowest BCUT2D eigenvalue weighted by molar-refractivity contribution is -0.138. The molecule has 1 heterocycles. The van der Waals surface area contributed by atoms with E-state index in [-0.39, 0.29) is 5.91 Å². The minimum Gasteiger partial charge on any atom is -0.481 e. The van der Waals surface area contributed by atoms with Crippen LogP contribution in [-0.4, -0.2) is 30.0 Å². The number of benzene rings is 1. The maximum atomic E-state index is 12.5. The smallest absolute Gasteiger partial charge is 0.263 e. The third kappa shape index (κ3) is 3.90. The van der Waals surface area contributed by atoms with Crippen molar-refractivity contribution in [3.63, 3.8) is 0 Å². The molecule has 120 valence electrons. The Morgan fingerprint density at radius 1 is 1.23 bits per heavy atom. The highest BCUT2D eigenvalue weighted by atomic mass is 16.5. The summed E-state index contributed by atoms with van der Waals surface area (Å²) in [7, 11) is 0. The Morgan fingerprint density at radius 3 is 2.45 bits per heavy atom. The van der Waals surface area contributed by atoms with Crippen LogP contribution in [0.15, 0.2) is 30.4 Å². The van der Waals surface area contributed by atoms with Crippen LogP contribution in [0.2, 0.25) is 0 Å². The molecular weight excluding hydrogens is 274 g/mol. The number of hydrogen-bond donors (Lipinski definition) is 0. The molecule has 1 aliphatic rings. The minimum atomic E-state index is -0.453. The predicted molar refractivity (Wildman–Crippen MR) is 90.3 cm³/mol. The molecule has 1 fully saturated rings. The molecule has 2 rings (SSSR count). The maximum Gasteiger partial charge on any atom is 0.263 e. The first-order valence-electron chi connectivity index (χ1n) is 8.11. The molecule has 1 amide bonds. The quantitative estimate of drug-likeness (QED) is 0.785. The zero-order chi connectivity index (χ0) is 16.3. The van der Waals surface area contributed by atoms with Crippen LogP contribution in [0.4, 0.5) is 0 Å². The van der Waals surface area contributed by atoms with Crippen molar-refractivity contribution in [2.24, 2.45) is 0 Å². The van der Waals surface area contributed by atoms with Crippen molar-refractivity contribution in [3.8, 4) is 5.75 Å². The van der Waals surface area contributed by atoms with E-state index in [1.807, 2.05) is 24.8 Å². The molecule has 0 bridgehead atoms. The number of amides is 1. The van der Waals surface area contributed by atoms with Crippen LogP contribution in [0, 0.1) is 6.92 Å². The van der Waals surface area contributed by atoms with Crippen molar-refractivity contribution in [2.75, 3.05) is 13.1 Å². The fourth-order valence-corrected chi connectivity index (χ4v) is 2.76.